The first-order valence-electron chi connectivity index (χ1n) is 10.7. The van der Waals surface area contributed by atoms with Crippen molar-refractivity contribution >= 4 is 46.2 Å². The molecule has 0 unspecified atom stereocenters. The molecule has 0 aliphatic heterocycles. The SMILES string of the molecule is CC(=O)SCc1ccc(C(=O)O[PH](c2ccccc2)(c2ccccc2)c2ccccc2)cc1. The van der Waals surface area contributed by atoms with Crippen LogP contribution in [0.15, 0.2) is 115 Å². The molecule has 0 aliphatic carbocycles. The molecule has 33 heavy (non-hydrogen) atoms. The van der Waals surface area contributed by atoms with Gasteiger partial charge in [-0.15, -0.1) is 0 Å². The van der Waals surface area contributed by atoms with Gasteiger partial charge in [0.15, 0.2) is 0 Å². The molecule has 0 N–H and O–H groups in total. The van der Waals surface area contributed by atoms with Crippen LogP contribution in [-0.4, -0.2) is 11.1 Å². The molecule has 4 rings (SSSR count). The van der Waals surface area contributed by atoms with Gasteiger partial charge in [0, 0.05) is 0 Å². The van der Waals surface area contributed by atoms with E-state index < -0.39 is 7.49 Å². The van der Waals surface area contributed by atoms with Gasteiger partial charge in [-0.05, 0) is 0 Å². The Morgan fingerprint density at radius 3 is 1.48 bits per heavy atom. The maximum atomic E-state index is 13.5. The van der Waals surface area contributed by atoms with Gasteiger partial charge in [-0.25, -0.2) is 0 Å². The molecular weight excluding hydrogens is 447 g/mol. The van der Waals surface area contributed by atoms with E-state index in [-0.39, 0.29) is 11.1 Å². The molecule has 0 bridgehead atoms. The number of thioether (sulfide) groups is 1. The van der Waals surface area contributed by atoms with Gasteiger partial charge in [-0.1, -0.05) is 0 Å². The number of carbonyl (C=O) groups excluding carboxylic acids is 2. The van der Waals surface area contributed by atoms with Crippen LogP contribution in [0, 0.1) is 0 Å². The van der Waals surface area contributed by atoms with Crippen LogP contribution in [0.2, 0.25) is 0 Å². The van der Waals surface area contributed by atoms with Crippen LogP contribution >= 0.6 is 19.3 Å². The first-order chi connectivity index (χ1) is 16.1. The van der Waals surface area contributed by atoms with E-state index in [1.807, 2.05) is 103 Å². The van der Waals surface area contributed by atoms with Gasteiger partial charge in [0.25, 0.3) is 0 Å². The van der Waals surface area contributed by atoms with E-state index in [0.29, 0.717) is 11.3 Å². The molecule has 0 aromatic heterocycles. The molecular formula is C28H25O3PS. The molecule has 5 heteroatoms. The van der Waals surface area contributed by atoms with Crippen LogP contribution < -0.4 is 15.9 Å². The molecule has 0 fully saturated rings. The zero-order valence-electron chi connectivity index (χ0n) is 18.3. The van der Waals surface area contributed by atoms with Gasteiger partial charge in [0.05, 0.1) is 0 Å². The number of hydrogen-bond acceptors (Lipinski definition) is 4. The summed E-state index contributed by atoms with van der Waals surface area (Å²) < 4.78 is 6.56. The molecule has 4 aromatic carbocycles. The standard InChI is InChI=1S/C28H25O3PS/c1-22(29)33-21-23-17-19-24(20-18-23)28(30)31-32(25-11-5-2-6-12-25,26-13-7-3-8-14-26)27-15-9-4-10-16-27/h2-20,32H,21H2,1H3. The average Bonchev–Trinajstić information content (AvgIpc) is 2.88. The van der Waals surface area contributed by atoms with Gasteiger partial charge in [-0.3, -0.25) is 0 Å². The average molecular weight is 473 g/mol. The van der Waals surface area contributed by atoms with Crippen LogP contribution in [0.25, 0.3) is 0 Å². The van der Waals surface area contributed by atoms with E-state index in [2.05, 4.69) is 0 Å². The molecule has 0 radical (unpaired) electrons. The Balaban J connectivity index is 1.77. The summed E-state index contributed by atoms with van der Waals surface area (Å²) in [5, 5.41) is 3.09. The minimum atomic E-state index is -3.11. The summed E-state index contributed by atoms with van der Waals surface area (Å²) in [7, 11) is -3.11. The molecule has 0 amide bonds. The maximum absolute atomic E-state index is 13.5. The fraction of sp³-hybridized carbons (Fsp3) is 0.0714. The molecule has 3 nitrogen and oxygen atoms in total. The van der Waals surface area contributed by atoms with Gasteiger partial charge in [0.1, 0.15) is 0 Å². The normalized spacial score (nSPS) is 11.5. The van der Waals surface area contributed by atoms with Crippen molar-refractivity contribution < 1.29 is 14.1 Å². The zero-order valence-corrected chi connectivity index (χ0v) is 20.1. The number of hydrogen-bond donors (Lipinski definition) is 0. The first kappa shape index (κ1) is 23.0. The Labute approximate surface area is 199 Å². The summed E-state index contributed by atoms with van der Waals surface area (Å²) in [5.41, 5.74) is 1.48. The Kier molecular flexibility index (Phi) is 7.39. The summed E-state index contributed by atoms with van der Waals surface area (Å²) in [4.78, 5) is 24.8. The van der Waals surface area contributed by atoms with Crippen LogP contribution in [0.4, 0.5) is 0 Å². The van der Waals surface area contributed by atoms with Gasteiger partial charge >= 0.3 is 199 Å². The zero-order chi connectivity index (χ0) is 23.1. The van der Waals surface area contributed by atoms with E-state index in [1.54, 1.807) is 19.1 Å². The summed E-state index contributed by atoms with van der Waals surface area (Å²) in [6.07, 6.45) is 0. The van der Waals surface area contributed by atoms with Gasteiger partial charge < -0.3 is 0 Å². The van der Waals surface area contributed by atoms with E-state index >= 15 is 0 Å². The van der Waals surface area contributed by atoms with Crippen molar-refractivity contribution in [2.24, 2.45) is 0 Å². The van der Waals surface area contributed by atoms with Crippen molar-refractivity contribution in [3.63, 3.8) is 0 Å². The summed E-state index contributed by atoms with van der Waals surface area (Å²) >= 11 is 1.25. The fourth-order valence-electron chi connectivity index (χ4n) is 3.82. The number of benzene rings is 4. The first-order valence-corrected chi connectivity index (χ1v) is 13.6. The van der Waals surface area contributed by atoms with Gasteiger partial charge in [0.2, 0.25) is 0 Å². The summed E-state index contributed by atoms with van der Waals surface area (Å²) in [6, 6.07) is 37.4. The molecule has 0 heterocycles. The second-order valence-corrected chi connectivity index (χ2v) is 12.1. The summed E-state index contributed by atoms with van der Waals surface area (Å²) in [5.74, 6) is 0.227. The molecule has 0 saturated heterocycles. The Hall–Kier alpha value is -3.20. The van der Waals surface area contributed by atoms with Crippen molar-refractivity contribution in [1.29, 1.82) is 0 Å². The predicted octanol–water partition coefficient (Wildman–Crippen LogP) is 5.26. The Bertz CT molecular complexity index is 1110. The van der Waals surface area contributed by atoms with Crippen molar-refractivity contribution in [3.05, 3.63) is 126 Å². The number of carbonyl (C=O) groups is 2. The molecule has 166 valence electrons. The van der Waals surface area contributed by atoms with Crippen LogP contribution in [-0.2, 0) is 15.1 Å². The second kappa shape index (κ2) is 10.6. The monoisotopic (exact) mass is 472 g/mol. The number of rotatable bonds is 7. The third-order valence-electron chi connectivity index (χ3n) is 5.42. The van der Waals surface area contributed by atoms with Crippen LogP contribution in [0.3, 0.4) is 0 Å². The molecule has 0 spiro atoms. The van der Waals surface area contributed by atoms with E-state index in [9.17, 15) is 9.59 Å². The van der Waals surface area contributed by atoms with Crippen molar-refractivity contribution in [1.82, 2.24) is 0 Å². The van der Waals surface area contributed by atoms with Gasteiger partial charge in [-0.2, -0.15) is 0 Å². The predicted molar refractivity (Wildman–Crippen MR) is 140 cm³/mol. The van der Waals surface area contributed by atoms with Crippen LogP contribution in [0.5, 0.6) is 0 Å². The molecule has 0 atom stereocenters. The van der Waals surface area contributed by atoms with E-state index in [4.69, 9.17) is 4.52 Å². The third-order valence-corrected chi connectivity index (χ3v) is 10.2. The van der Waals surface area contributed by atoms with Crippen molar-refractivity contribution in [3.8, 4) is 0 Å². The quantitative estimate of drug-likeness (QED) is 0.344. The Morgan fingerprint density at radius 1 is 0.667 bits per heavy atom. The van der Waals surface area contributed by atoms with Crippen molar-refractivity contribution in [2.75, 3.05) is 0 Å². The molecule has 0 saturated carbocycles. The van der Waals surface area contributed by atoms with E-state index in [0.717, 1.165) is 21.5 Å². The topological polar surface area (TPSA) is 43.4 Å². The minimum absolute atomic E-state index is 0.0721. The second-order valence-electron chi connectivity index (χ2n) is 7.65. The van der Waals surface area contributed by atoms with Crippen molar-refractivity contribution in [2.45, 2.75) is 12.7 Å². The third kappa shape index (κ3) is 5.24. The van der Waals surface area contributed by atoms with Crippen LogP contribution in [0.1, 0.15) is 22.8 Å². The van der Waals surface area contributed by atoms with E-state index in [1.165, 1.54) is 11.8 Å². The Morgan fingerprint density at radius 2 is 1.09 bits per heavy atom. The molecule has 4 aromatic rings. The fourth-order valence-corrected chi connectivity index (χ4v) is 8.11. The molecule has 0 aliphatic rings. The summed E-state index contributed by atoms with van der Waals surface area (Å²) in [6.45, 7) is 1.55.